The van der Waals surface area contributed by atoms with E-state index in [0.29, 0.717) is 43.4 Å². The molecule has 0 spiro atoms. The molecule has 0 bridgehead atoms. The first-order valence-corrected chi connectivity index (χ1v) is 37.7. The van der Waals surface area contributed by atoms with Gasteiger partial charge in [0.25, 0.3) is 0 Å². The van der Waals surface area contributed by atoms with Crippen molar-refractivity contribution in [3.63, 3.8) is 0 Å². The molecule has 0 aromatic rings. The van der Waals surface area contributed by atoms with Gasteiger partial charge in [-0.15, -0.1) is 0 Å². The first-order valence-electron chi connectivity index (χ1n) is 34.7. The number of phosphoric ester groups is 2. The van der Waals surface area contributed by atoms with Crippen LogP contribution in [0.25, 0.3) is 0 Å². The Hall–Kier alpha value is -1.94. The largest absolute Gasteiger partial charge is 0.472 e. The second-order valence-corrected chi connectivity index (χ2v) is 28.8. The van der Waals surface area contributed by atoms with Crippen LogP contribution < -0.4 is 0 Å². The summed E-state index contributed by atoms with van der Waals surface area (Å²) in [6, 6.07) is 0. The molecule has 0 saturated carbocycles. The molecular weight excluding hydrogens is 1140 g/mol. The molecule has 0 aromatic carbocycles. The average Bonchev–Trinajstić information content (AvgIpc) is 3.59. The lowest BCUT2D eigenvalue weighted by Gasteiger charge is -2.21. The third-order valence-corrected chi connectivity index (χ3v) is 17.6. The van der Waals surface area contributed by atoms with E-state index in [0.717, 1.165) is 109 Å². The summed E-state index contributed by atoms with van der Waals surface area (Å²) >= 11 is 0. The summed E-state index contributed by atoms with van der Waals surface area (Å²) in [6.45, 7) is 13.9. The number of rotatable bonds is 64. The van der Waals surface area contributed by atoms with Gasteiger partial charge < -0.3 is 33.8 Å². The molecule has 510 valence electrons. The lowest BCUT2D eigenvalue weighted by atomic mass is 9.99. The van der Waals surface area contributed by atoms with E-state index < -0.39 is 97.5 Å². The summed E-state index contributed by atoms with van der Waals surface area (Å²) in [4.78, 5) is 72.3. The number of esters is 4. The van der Waals surface area contributed by atoms with Gasteiger partial charge in [0, 0.05) is 25.7 Å². The minimum Gasteiger partial charge on any atom is -0.462 e. The van der Waals surface area contributed by atoms with Crippen molar-refractivity contribution in [1.29, 1.82) is 0 Å². The molecule has 6 atom stereocenters. The van der Waals surface area contributed by atoms with Crippen LogP contribution in [0.3, 0.4) is 0 Å². The van der Waals surface area contributed by atoms with E-state index >= 15 is 0 Å². The summed E-state index contributed by atoms with van der Waals surface area (Å²) in [5.74, 6) is 0.761. The number of unbranched alkanes of at least 4 members (excludes halogenated alkanes) is 29. The summed E-state index contributed by atoms with van der Waals surface area (Å²) in [5, 5.41) is 10.5. The van der Waals surface area contributed by atoms with Crippen LogP contribution in [0.2, 0.25) is 0 Å². The van der Waals surface area contributed by atoms with Crippen molar-refractivity contribution in [2.45, 2.75) is 343 Å². The fourth-order valence-corrected chi connectivity index (χ4v) is 11.5. The Morgan fingerprint density at radius 2 is 0.558 bits per heavy atom. The molecule has 0 amide bonds. The standard InChI is InChI=1S/C67H130O17P2/c1-9-60(8)46-38-30-20-16-14-12-10-11-13-15-17-21-33-41-49-66(71)83-62(53-77-64(69)47-39-31-25-23-28-36-44-58(4)5)55-81-85(73,74)79-51-61(68)52-80-86(75,76)82-56-63(54-78-65(70)48-40-32-26-24-29-37-45-59(6)7)84-67(72)50-42-34-22-18-19-27-35-43-57(2)3/h57-63,68H,9-56H2,1-8H3,(H,73,74)(H,75,76)/t60?,61-,62+,63+/m0/s1. The zero-order valence-electron chi connectivity index (χ0n) is 55.9. The van der Waals surface area contributed by atoms with Gasteiger partial charge in [-0.1, -0.05) is 274 Å². The molecule has 19 heteroatoms. The quantitative estimate of drug-likeness (QED) is 0.0222. The lowest BCUT2D eigenvalue weighted by Crippen LogP contribution is -2.30. The average molecular weight is 1270 g/mol. The van der Waals surface area contributed by atoms with Gasteiger partial charge in [0.1, 0.15) is 19.3 Å². The van der Waals surface area contributed by atoms with E-state index in [2.05, 4.69) is 55.4 Å². The van der Waals surface area contributed by atoms with Crippen LogP contribution in [0.4, 0.5) is 0 Å². The van der Waals surface area contributed by atoms with Crippen molar-refractivity contribution < 1.29 is 80.2 Å². The Kier molecular flexibility index (Phi) is 55.7. The van der Waals surface area contributed by atoms with Crippen molar-refractivity contribution in [2.24, 2.45) is 23.7 Å². The van der Waals surface area contributed by atoms with Crippen LogP contribution >= 0.6 is 15.6 Å². The van der Waals surface area contributed by atoms with Gasteiger partial charge in [0.05, 0.1) is 26.4 Å². The van der Waals surface area contributed by atoms with Crippen molar-refractivity contribution in [3.8, 4) is 0 Å². The van der Waals surface area contributed by atoms with Crippen LogP contribution in [0.5, 0.6) is 0 Å². The SMILES string of the molecule is CCC(C)CCCCCCCCCCCCCCCCC(=O)O[C@H](COC(=O)CCCCCCCCC(C)C)COP(=O)(O)OC[C@H](O)COP(=O)(O)OC[C@@H](COC(=O)CCCCCCCCC(C)C)OC(=O)CCCCCCCCCC(C)C. The number of hydrogen-bond donors (Lipinski definition) is 3. The highest BCUT2D eigenvalue weighted by atomic mass is 31.2. The fourth-order valence-electron chi connectivity index (χ4n) is 9.93. The Labute approximate surface area is 524 Å². The molecular formula is C67H130O17P2. The molecule has 0 fully saturated rings. The van der Waals surface area contributed by atoms with Crippen molar-refractivity contribution >= 4 is 39.5 Å². The third-order valence-electron chi connectivity index (χ3n) is 15.7. The molecule has 0 aliphatic heterocycles. The summed E-state index contributed by atoms with van der Waals surface area (Å²) < 4.78 is 68.0. The Bertz CT molecular complexity index is 1720. The third kappa shape index (κ3) is 59.7. The second-order valence-electron chi connectivity index (χ2n) is 25.9. The minimum absolute atomic E-state index is 0.102. The van der Waals surface area contributed by atoms with Crippen LogP contribution in [0.15, 0.2) is 0 Å². The van der Waals surface area contributed by atoms with Crippen LogP contribution in [0.1, 0.15) is 325 Å². The van der Waals surface area contributed by atoms with Crippen LogP contribution in [0, 0.1) is 23.7 Å². The van der Waals surface area contributed by atoms with Gasteiger partial charge in [-0.3, -0.25) is 37.3 Å². The van der Waals surface area contributed by atoms with Gasteiger partial charge in [0.15, 0.2) is 12.2 Å². The van der Waals surface area contributed by atoms with E-state index in [9.17, 15) is 43.2 Å². The predicted molar refractivity (Wildman–Crippen MR) is 344 cm³/mol. The minimum atomic E-state index is -4.95. The summed E-state index contributed by atoms with van der Waals surface area (Å²) in [6.07, 6.45) is 38.0. The number of aliphatic hydroxyl groups excluding tert-OH is 1. The Morgan fingerprint density at radius 1 is 0.326 bits per heavy atom. The second kappa shape index (κ2) is 57.0. The number of hydrogen-bond acceptors (Lipinski definition) is 15. The van der Waals surface area contributed by atoms with E-state index in [-0.39, 0.29) is 25.7 Å². The smallest absolute Gasteiger partial charge is 0.462 e. The number of carbonyl (C=O) groups is 4. The van der Waals surface area contributed by atoms with E-state index in [1.54, 1.807) is 0 Å². The number of carbonyl (C=O) groups excluding carboxylic acids is 4. The Balaban J connectivity index is 5.19. The summed E-state index contributed by atoms with van der Waals surface area (Å²) in [7, 11) is -9.89. The van der Waals surface area contributed by atoms with E-state index in [1.165, 1.54) is 116 Å². The summed E-state index contributed by atoms with van der Waals surface area (Å²) in [5.41, 5.74) is 0. The first kappa shape index (κ1) is 84.1. The maximum Gasteiger partial charge on any atom is 0.472 e. The van der Waals surface area contributed by atoms with Gasteiger partial charge in [0.2, 0.25) is 0 Å². The van der Waals surface area contributed by atoms with Gasteiger partial charge in [-0.2, -0.15) is 0 Å². The molecule has 3 unspecified atom stereocenters. The van der Waals surface area contributed by atoms with Crippen LogP contribution in [-0.2, 0) is 65.4 Å². The predicted octanol–water partition coefficient (Wildman–Crippen LogP) is 18.5. The lowest BCUT2D eigenvalue weighted by molar-refractivity contribution is -0.161. The highest BCUT2D eigenvalue weighted by molar-refractivity contribution is 7.47. The molecule has 17 nitrogen and oxygen atoms in total. The molecule has 0 saturated heterocycles. The van der Waals surface area contributed by atoms with E-state index in [4.69, 9.17) is 37.0 Å². The maximum absolute atomic E-state index is 13.0. The molecule has 0 radical (unpaired) electrons. The normalized spacial score (nSPS) is 14.7. The topological polar surface area (TPSA) is 237 Å². The highest BCUT2D eigenvalue weighted by Gasteiger charge is 2.30. The maximum atomic E-state index is 13.0. The zero-order valence-corrected chi connectivity index (χ0v) is 57.7. The zero-order chi connectivity index (χ0) is 63.9. The molecule has 3 N–H and O–H groups in total. The van der Waals surface area contributed by atoms with Crippen LogP contribution in [-0.4, -0.2) is 96.7 Å². The fraction of sp³-hybridized carbons (Fsp3) is 0.940. The monoisotopic (exact) mass is 1270 g/mol. The molecule has 0 aliphatic carbocycles. The molecule has 0 heterocycles. The highest BCUT2D eigenvalue weighted by Crippen LogP contribution is 2.45. The van der Waals surface area contributed by atoms with Gasteiger partial charge in [-0.05, 0) is 49.4 Å². The molecule has 0 rings (SSSR count). The molecule has 0 aliphatic rings. The van der Waals surface area contributed by atoms with Crippen molar-refractivity contribution in [1.82, 2.24) is 0 Å². The number of ether oxygens (including phenoxy) is 4. The van der Waals surface area contributed by atoms with Crippen molar-refractivity contribution in [3.05, 3.63) is 0 Å². The van der Waals surface area contributed by atoms with E-state index in [1.807, 2.05) is 0 Å². The molecule has 0 aromatic heterocycles. The Morgan fingerprint density at radius 3 is 0.826 bits per heavy atom. The number of phosphoric acid groups is 2. The number of aliphatic hydroxyl groups is 1. The van der Waals surface area contributed by atoms with Gasteiger partial charge >= 0.3 is 39.5 Å². The first-order chi connectivity index (χ1) is 41.1. The molecule has 86 heavy (non-hydrogen) atoms. The van der Waals surface area contributed by atoms with Crippen molar-refractivity contribution in [2.75, 3.05) is 39.6 Å². The van der Waals surface area contributed by atoms with Gasteiger partial charge in [-0.25, -0.2) is 9.13 Å².